The molecule has 3 heterocycles. The van der Waals surface area contributed by atoms with Crippen molar-refractivity contribution in [2.45, 2.75) is 6.67 Å². The maximum absolute atomic E-state index is 13.1. The Hall–Kier alpha value is -2.90. The second-order valence-electron chi connectivity index (χ2n) is 6.28. The number of nitrogens with one attached hydrogen (secondary N) is 1. The average molecular weight is 397 g/mol. The number of thiazole rings is 1. The molecular weight excluding hydrogens is 384 g/mol. The van der Waals surface area contributed by atoms with Crippen LogP contribution < -0.4 is 25.1 Å². The van der Waals surface area contributed by atoms with Crippen molar-refractivity contribution < 1.29 is 4.79 Å². The summed E-state index contributed by atoms with van der Waals surface area (Å²) in [5.74, 6) is -0.288. The molecule has 0 saturated carbocycles. The van der Waals surface area contributed by atoms with Gasteiger partial charge in [-0.25, -0.2) is 4.99 Å². The van der Waals surface area contributed by atoms with E-state index in [-0.39, 0.29) is 11.5 Å². The van der Waals surface area contributed by atoms with Crippen molar-refractivity contribution in [3.05, 3.63) is 78.8 Å². The molecule has 1 aromatic heterocycles. The minimum atomic E-state index is -0.288. The number of para-hydroxylation sites is 1. The second-order valence-corrected chi connectivity index (χ2v) is 7.70. The number of amides is 1. The van der Waals surface area contributed by atoms with Gasteiger partial charge in [-0.1, -0.05) is 41.1 Å². The fourth-order valence-corrected chi connectivity index (χ4v) is 4.56. The molecule has 3 aromatic rings. The van der Waals surface area contributed by atoms with Crippen LogP contribution in [0.5, 0.6) is 0 Å². The van der Waals surface area contributed by atoms with E-state index in [9.17, 15) is 9.59 Å². The number of benzene rings is 2. The van der Waals surface area contributed by atoms with Crippen molar-refractivity contribution in [1.29, 1.82) is 0 Å². The number of nitrogens with zero attached hydrogens (tertiary/aromatic N) is 3. The van der Waals surface area contributed by atoms with Crippen LogP contribution in [0.15, 0.2) is 58.3 Å². The molecule has 0 fully saturated rings. The summed E-state index contributed by atoms with van der Waals surface area (Å²) in [6, 6.07) is 15.0. The van der Waals surface area contributed by atoms with E-state index in [0.29, 0.717) is 44.5 Å². The number of carbonyl (C=O) groups excluding carboxylic acids is 1. The summed E-state index contributed by atoms with van der Waals surface area (Å²) < 4.78 is 2.00. The number of fused-ring (bicyclic) bond motifs is 2. The Balaban J connectivity index is 1.68. The molecule has 8 heteroatoms. The molecule has 0 spiro atoms. The van der Waals surface area contributed by atoms with Crippen LogP contribution in [0.25, 0.3) is 5.57 Å². The van der Waals surface area contributed by atoms with Gasteiger partial charge in [0.25, 0.3) is 11.5 Å². The number of halogens is 1. The molecule has 0 bridgehead atoms. The summed E-state index contributed by atoms with van der Waals surface area (Å²) in [5, 5.41) is 3.32. The van der Waals surface area contributed by atoms with Gasteiger partial charge >= 0.3 is 0 Å². The van der Waals surface area contributed by atoms with Gasteiger partial charge in [0, 0.05) is 22.0 Å². The topological polar surface area (TPSA) is 66.7 Å². The standard InChI is InChI=1S/C19H13ClN4O2S/c20-11-6-7-14-13(8-11)15(17(25)22-14)16-18(26)24-10-23(9-21-19(24)27-16)12-4-2-1-3-5-12/h1-8H,9-10H2,(H,22,25)/b16-15+. The van der Waals surface area contributed by atoms with Crippen LogP contribution in [0, 0.1) is 0 Å². The predicted octanol–water partition coefficient (Wildman–Crippen LogP) is 1.77. The lowest BCUT2D eigenvalue weighted by Crippen LogP contribution is -2.43. The van der Waals surface area contributed by atoms with Crippen molar-refractivity contribution in [1.82, 2.24) is 4.57 Å². The number of carbonyl (C=O) groups is 1. The zero-order valence-corrected chi connectivity index (χ0v) is 15.5. The molecule has 0 atom stereocenters. The van der Waals surface area contributed by atoms with Gasteiger partial charge in [0.05, 0.1) is 5.57 Å². The summed E-state index contributed by atoms with van der Waals surface area (Å²) in [7, 11) is 0. The van der Waals surface area contributed by atoms with Crippen molar-refractivity contribution in [2.75, 3.05) is 16.9 Å². The Kier molecular flexibility index (Phi) is 3.66. The first-order valence-electron chi connectivity index (χ1n) is 8.31. The third kappa shape index (κ3) is 2.58. The van der Waals surface area contributed by atoms with Crippen LogP contribution in [0.2, 0.25) is 5.02 Å². The quantitative estimate of drug-likeness (QED) is 0.681. The summed E-state index contributed by atoms with van der Waals surface area (Å²) in [6.07, 6.45) is 0. The van der Waals surface area contributed by atoms with E-state index in [2.05, 4.69) is 10.3 Å². The molecule has 2 aliphatic rings. The van der Waals surface area contributed by atoms with Gasteiger partial charge in [-0.2, -0.15) is 0 Å². The number of hydrogen-bond acceptors (Lipinski definition) is 5. The van der Waals surface area contributed by atoms with Crippen LogP contribution in [-0.2, 0) is 11.5 Å². The van der Waals surface area contributed by atoms with Gasteiger partial charge in [-0.05, 0) is 30.3 Å². The van der Waals surface area contributed by atoms with E-state index < -0.39 is 0 Å². The number of rotatable bonds is 1. The van der Waals surface area contributed by atoms with Crippen LogP contribution in [0.1, 0.15) is 5.56 Å². The molecule has 6 nitrogen and oxygen atoms in total. The van der Waals surface area contributed by atoms with Crippen LogP contribution in [0.4, 0.5) is 11.4 Å². The van der Waals surface area contributed by atoms with E-state index in [1.165, 1.54) is 11.3 Å². The summed E-state index contributed by atoms with van der Waals surface area (Å²) in [6.45, 7) is 0.864. The molecule has 27 heavy (non-hydrogen) atoms. The average Bonchev–Trinajstić information content (AvgIpc) is 3.18. The van der Waals surface area contributed by atoms with Crippen molar-refractivity contribution in [3.8, 4) is 0 Å². The Bertz CT molecular complexity index is 1260. The highest BCUT2D eigenvalue weighted by molar-refractivity contribution is 7.07. The van der Waals surface area contributed by atoms with E-state index in [4.69, 9.17) is 11.6 Å². The maximum atomic E-state index is 13.1. The molecule has 1 N–H and O–H groups in total. The highest BCUT2D eigenvalue weighted by Gasteiger charge is 2.28. The Morgan fingerprint density at radius 3 is 2.74 bits per heavy atom. The number of anilines is 2. The Morgan fingerprint density at radius 1 is 1.11 bits per heavy atom. The van der Waals surface area contributed by atoms with Crippen LogP contribution in [-0.4, -0.2) is 17.1 Å². The van der Waals surface area contributed by atoms with Crippen molar-refractivity contribution in [2.24, 2.45) is 4.99 Å². The van der Waals surface area contributed by atoms with E-state index in [0.717, 1.165) is 5.69 Å². The third-order valence-corrected chi connectivity index (χ3v) is 5.98. The first-order chi connectivity index (χ1) is 13.1. The van der Waals surface area contributed by atoms with Gasteiger partial charge < -0.3 is 10.2 Å². The fourth-order valence-electron chi connectivity index (χ4n) is 3.33. The van der Waals surface area contributed by atoms with Gasteiger partial charge in [-0.3, -0.25) is 14.2 Å². The van der Waals surface area contributed by atoms with Crippen LogP contribution >= 0.6 is 22.9 Å². The molecule has 0 radical (unpaired) electrons. The third-order valence-electron chi connectivity index (χ3n) is 4.63. The zero-order valence-electron chi connectivity index (χ0n) is 14.0. The highest BCUT2D eigenvalue weighted by Crippen LogP contribution is 2.32. The summed E-state index contributed by atoms with van der Waals surface area (Å²) in [5.41, 5.74) is 2.47. The normalized spacial score (nSPS) is 17.2. The molecule has 5 rings (SSSR count). The lowest BCUT2D eigenvalue weighted by Gasteiger charge is -2.25. The van der Waals surface area contributed by atoms with E-state index in [1.807, 2.05) is 35.2 Å². The number of hydrogen-bond donors (Lipinski definition) is 1. The van der Waals surface area contributed by atoms with Gasteiger partial charge in [0.1, 0.15) is 17.9 Å². The second kappa shape index (κ2) is 6.07. The molecule has 0 saturated heterocycles. The lowest BCUT2D eigenvalue weighted by molar-refractivity contribution is -0.110. The zero-order chi connectivity index (χ0) is 18.5. The monoisotopic (exact) mass is 396 g/mol. The molecule has 2 aliphatic heterocycles. The first kappa shape index (κ1) is 16.3. The van der Waals surface area contributed by atoms with Crippen LogP contribution in [0.3, 0.4) is 0 Å². The minimum Gasteiger partial charge on any atom is -0.334 e. The van der Waals surface area contributed by atoms with Crippen molar-refractivity contribution in [3.63, 3.8) is 0 Å². The molecule has 0 unspecified atom stereocenters. The van der Waals surface area contributed by atoms with Gasteiger partial charge in [0.2, 0.25) is 0 Å². The minimum absolute atomic E-state index is 0.211. The van der Waals surface area contributed by atoms with Gasteiger partial charge in [-0.15, -0.1) is 0 Å². The first-order valence-corrected chi connectivity index (χ1v) is 9.51. The fraction of sp³-hybridized carbons (Fsp3) is 0.105. The highest BCUT2D eigenvalue weighted by atomic mass is 35.5. The lowest BCUT2D eigenvalue weighted by atomic mass is 10.1. The number of aromatic nitrogens is 1. The molecule has 2 aromatic carbocycles. The molecule has 1 amide bonds. The molecule has 0 aliphatic carbocycles. The van der Waals surface area contributed by atoms with E-state index in [1.54, 1.807) is 22.8 Å². The predicted molar refractivity (Wildman–Crippen MR) is 106 cm³/mol. The SMILES string of the molecule is O=C1Nc2ccc(Cl)cc2/C1=c1\sc2n(c1=O)CN(c1ccccc1)CN=2. The Morgan fingerprint density at radius 2 is 1.93 bits per heavy atom. The van der Waals surface area contributed by atoms with Gasteiger partial charge in [0.15, 0.2) is 4.80 Å². The summed E-state index contributed by atoms with van der Waals surface area (Å²) >= 11 is 7.34. The smallest absolute Gasteiger partial charge is 0.272 e. The largest absolute Gasteiger partial charge is 0.334 e. The molecular formula is C19H13ClN4O2S. The maximum Gasteiger partial charge on any atom is 0.272 e. The molecule has 134 valence electrons. The summed E-state index contributed by atoms with van der Waals surface area (Å²) in [4.78, 5) is 32.8. The van der Waals surface area contributed by atoms with Crippen molar-refractivity contribution >= 4 is 45.8 Å². The Labute approximate surface area is 162 Å². The van der Waals surface area contributed by atoms with E-state index >= 15 is 0 Å².